The first kappa shape index (κ1) is 27.7. The zero-order valence-corrected chi connectivity index (χ0v) is 24.7. The average molecular weight is 527 g/mol. The Labute approximate surface area is 229 Å². The van der Waals surface area contributed by atoms with Crippen LogP contribution in [0.2, 0.25) is 0 Å². The molecule has 0 atom stereocenters. The lowest BCUT2D eigenvalue weighted by molar-refractivity contribution is 0.417. The second-order valence-electron chi connectivity index (χ2n) is 10.4. The lowest BCUT2D eigenvalue weighted by Crippen LogP contribution is -2.27. The van der Waals surface area contributed by atoms with Crippen LogP contribution in [0.3, 0.4) is 0 Å². The van der Waals surface area contributed by atoms with Crippen LogP contribution in [-0.2, 0) is 0 Å². The van der Waals surface area contributed by atoms with E-state index in [9.17, 15) is 5.11 Å². The number of methoxy groups -OCH3 is 2. The monoisotopic (exact) mass is 526 g/mol. The molecular weight excluding hydrogens is 487 g/mol. The zero-order valence-electron chi connectivity index (χ0n) is 23.8. The quantitative estimate of drug-likeness (QED) is 0.239. The van der Waals surface area contributed by atoms with E-state index in [1.165, 1.54) is 11.1 Å². The zero-order chi connectivity index (χ0) is 27.6. The molecule has 38 heavy (non-hydrogen) atoms. The third-order valence-electron chi connectivity index (χ3n) is 7.19. The van der Waals surface area contributed by atoms with E-state index in [1.807, 2.05) is 24.3 Å². The minimum Gasteiger partial charge on any atom is -0.507 e. The molecule has 0 saturated carbocycles. The summed E-state index contributed by atoms with van der Waals surface area (Å²) in [4.78, 5) is 0. The van der Waals surface area contributed by atoms with Gasteiger partial charge in [-0.2, -0.15) is 0 Å². The Hall–Kier alpha value is -3.29. The fraction of sp³-hybridized carbons (Fsp3) is 0.294. The van der Waals surface area contributed by atoms with Crippen LogP contribution in [0.15, 0.2) is 72.8 Å². The fourth-order valence-electron chi connectivity index (χ4n) is 5.29. The van der Waals surface area contributed by atoms with Gasteiger partial charge in [-0.3, -0.25) is 0 Å². The first-order valence-electron chi connectivity index (χ1n) is 13.2. The maximum atomic E-state index is 12.2. The van der Waals surface area contributed by atoms with Crippen LogP contribution in [-0.4, -0.2) is 19.3 Å². The van der Waals surface area contributed by atoms with Gasteiger partial charge in [0.25, 0.3) is 0 Å². The number of rotatable bonds is 8. The Morgan fingerprint density at radius 3 is 1.53 bits per heavy atom. The molecule has 0 radical (unpaired) electrons. The van der Waals surface area contributed by atoms with Crippen molar-refractivity contribution in [3.63, 3.8) is 0 Å². The van der Waals surface area contributed by atoms with Gasteiger partial charge < -0.3 is 14.6 Å². The number of hydrogen-bond donors (Lipinski definition) is 1. The van der Waals surface area contributed by atoms with Gasteiger partial charge in [0, 0.05) is 21.5 Å². The predicted molar refractivity (Wildman–Crippen MR) is 163 cm³/mol. The van der Waals surface area contributed by atoms with Gasteiger partial charge in [-0.05, 0) is 73.6 Å². The van der Waals surface area contributed by atoms with Gasteiger partial charge >= 0.3 is 0 Å². The molecule has 3 nitrogen and oxygen atoms in total. The molecule has 4 heteroatoms. The van der Waals surface area contributed by atoms with Gasteiger partial charge in [-0.25, -0.2) is 0 Å². The van der Waals surface area contributed by atoms with Crippen LogP contribution in [0.5, 0.6) is 17.2 Å². The molecule has 4 aromatic carbocycles. The number of ether oxygens (including phenoxy) is 2. The average Bonchev–Trinajstić information content (AvgIpc) is 2.90. The van der Waals surface area contributed by atoms with E-state index in [0.29, 0.717) is 17.6 Å². The van der Waals surface area contributed by atoms with E-state index in [-0.39, 0.29) is 0 Å². The van der Waals surface area contributed by atoms with Gasteiger partial charge in [-0.15, -0.1) is 0 Å². The Balaban J connectivity index is 2.11. The number of phenolic OH excluding ortho intramolecular Hbond substituents is 1. The van der Waals surface area contributed by atoms with Crippen molar-refractivity contribution in [2.24, 2.45) is 0 Å². The first-order chi connectivity index (χ1) is 18.2. The Morgan fingerprint density at radius 2 is 1.08 bits per heavy atom. The van der Waals surface area contributed by atoms with Crippen molar-refractivity contribution in [3.8, 4) is 28.4 Å². The molecule has 0 heterocycles. The summed E-state index contributed by atoms with van der Waals surface area (Å²) in [6.07, 6.45) is 0. The number of para-hydroxylation sites is 1. The van der Waals surface area contributed by atoms with E-state index in [1.54, 1.807) is 14.2 Å². The highest BCUT2D eigenvalue weighted by atomic mass is 31.1. The number of phenols is 1. The van der Waals surface area contributed by atoms with Gasteiger partial charge in [-0.1, -0.05) is 88.4 Å². The van der Waals surface area contributed by atoms with Crippen LogP contribution in [0, 0.1) is 13.8 Å². The smallest absolute Gasteiger partial charge is 0.131 e. The largest absolute Gasteiger partial charge is 0.507 e. The van der Waals surface area contributed by atoms with Crippen LogP contribution >= 0.6 is 7.92 Å². The SMILES string of the molecule is COc1cccc(C)c1P(c1cccc(-c2c(C(C)C)cccc2C(C)C)c1O)c1c(C)cccc1OC. The van der Waals surface area contributed by atoms with Crippen molar-refractivity contribution < 1.29 is 14.6 Å². The highest BCUT2D eigenvalue weighted by molar-refractivity contribution is 7.80. The summed E-state index contributed by atoms with van der Waals surface area (Å²) in [5.41, 5.74) is 6.75. The Kier molecular flexibility index (Phi) is 8.48. The summed E-state index contributed by atoms with van der Waals surface area (Å²) in [5.74, 6) is 2.60. The minimum atomic E-state index is -1.22. The molecule has 0 bridgehead atoms. The lowest BCUT2D eigenvalue weighted by atomic mass is 9.85. The standard InChI is InChI=1S/C34H39O3P/c1-21(2)25-15-11-16-26(22(3)4)31(25)27-17-12-20-30(32(27)35)38(33-23(5)13-9-18-28(33)36-7)34-24(6)14-10-19-29(34)37-8/h9-22,35H,1-8H3. The first-order valence-corrected chi connectivity index (χ1v) is 14.6. The van der Waals surface area contributed by atoms with Crippen molar-refractivity contribution in [2.45, 2.75) is 53.4 Å². The van der Waals surface area contributed by atoms with Gasteiger partial charge in [0.1, 0.15) is 17.2 Å². The molecule has 0 spiro atoms. The van der Waals surface area contributed by atoms with E-state index in [2.05, 4.69) is 90.1 Å². The molecule has 4 rings (SSSR count). The molecule has 0 aliphatic carbocycles. The molecule has 0 aliphatic heterocycles. The molecule has 0 saturated heterocycles. The van der Waals surface area contributed by atoms with Gasteiger partial charge in [0.15, 0.2) is 0 Å². The molecule has 198 valence electrons. The third-order valence-corrected chi connectivity index (χ3v) is 10.1. The molecule has 0 aromatic heterocycles. The van der Waals surface area contributed by atoms with Crippen molar-refractivity contribution in [1.82, 2.24) is 0 Å². The lowest BCUT2D eigenvalue weighted by Gasteiger charge is -2.28. The maximum absolute atomic E-state index is 12.2. The van der Waals surface area contributed by atoms with Gasteiger partial charge in [0.2, 0.25) is 0 Å². The van der Waals surface area contributed by atoms with E-state index < -0.39 is 7.92 Å². The minimum absolute atomic E-state index is 0.321. The highest BCUT2D eigenvalue weighted by Crippen LogP contribution is 2.47. The second kappa shape index (κ2) is 11.6. The molecular formula is C34H39O3P. The summed E-state index contributed by atoms with van der Waals surface area (Å²) in [7, 11) is 2.21. The van der Waals surface area contributed by atoms with Crippen LogP contribution in [0.4, 0.5) is 0 Å². The van der Waals surface area contributed by atoms with E-state index in [0.717, 1.165) is 49.7 Å². The summed E-state index contributed by atoms with van der Waals surface area (Å²) >= 11 is 0. The highest BCUT2D eigenvalue weighted by Gasteiger charge is 2.30. The van der Waals surface area contributed by atoms with Crippen LogP contribution < -0.4 is 25.4 Å². The second-order valence-corrected chi connectivity index (χ2v) is 12.4. The fourth-order valence-corrected chi connectivity index (χ4v) is 8.19. The van der Waals surface area contributed by atoms with Crippen molar-refractivity contribution >= 4 is 23.8 Å². The number of aromatic hydroxyl groups is 1. The van der Waals surface area contributed by atoms with E-state index in [4.69, 9.17) is 9.47 Å². The third kappa shape index (κ3) is 5.05. The molecule has 1 N–H and O–H groups in total. The molecule has 0 fully saturated rings. The predicted octanol–water partition coefficient (Wildman–Crippen LogP) is 7.70. The summed E-state index contributed by atoms with van der Waals surface area (Å²) in [5, 5.41) is 15.3. The molecule has 0 aliphatic rings. The van der Waals surface area contributed by atoms with Crippen LogP contribution in [0.1, 0.15) is 61.8 Å². The Morgan fingerprint density at radius 1 is 0.632 bits per heavy atom. The molecule has 0 amide bonds. The van der Waals surface area contributed by atoms with Gasteiger partial charge in [0.05, 0.1) is 14.2 Å². The maximum Gasteiger partial charge on any atom is 0.131 e. The van der Waals surface area contributed by atoms with Crippen molar-refractivity contribution in [1.29, 1.82) is 0 Å². The topological polar surface area (TPSA) is 38.7 Å². The van der Waals surface area contributed by atoms with Crippen molar-refractivity contribution in [3.05, 3.63) is 95.1 Å². The summed E-state index contributed by atoms with van der Waals surface area (Å²) in [6, 6.07) is 25.0. The van der Waals surface area contributed by atoms with Crippen molar-refractivity contribution in [2.75, 3.05) is 14.2 Å². The normalized spacial score (nSPS) is 11.4. The number of hydrogen-bond acceptors (Lipinski definition) is 3. The molecule has 4 aromatic rings. The Bertz CT molecular complexity index is 1360. The number of benzene rings is 4. The summed E-state index contributed by atoms with van der Waals surface area (Å²) < 4.78 is 11.8. The van der Waals surface area contributed by atoms with Crippen LogP contribution in [0.25, 0.3) is 11.1 Å². The van der Waals surface area contributed by atoms with E-state index >= 15 is 0 Å². The number of aryl methyl sites for hydroxylation is 2. The molecule has 0 unspecified atom stereocenters. The summed E-state index contributed by atoms with van der Waals surface area (Å²) in [6.45, 7) is 13.1.